The van der Waals surface area contributed by atoms with Crippen LogP contribution in [-0.2, 0) is 38.8 Å². The molecule has 0 aliphatic carbocycles. The monoisotopic (exact) mass is 543 g/mol. The minimum atomic E-state index is -0.952. The van der Waals surface area contributed by atoms with Crippen LogP contribution in [0.1, 0.15) is 16.7 Å². The molecule has 5 atom stereocenters. The Hall–Kier alpha value is -3.04. The molecule has 0 unspecified atom stereocenters. The molecule has 5 rings (SSSR count). The van der Waals surface area contributed by atoms with E-state index < -0.39 is 29.9 Å². The lowest BCUT2D eigenvalue weighted by molar-refractivity contribution is -0.243. The SMILES string of the molecule is O[C@H]1[C@@H](OCc2ccccc2)[C@H](OCc2ccccc2)[C@@H](COCc2ccccc2)O[C@@H]1Sc1ccccn1. The van der Waals surface area contributed by atoms with Crippen molar-refractivity contribution in [3.8, 4) is 0 Å². The first-order chi connectivity index (χ1) is 19.3. The first kappa shape index (κ1) is 27.5. The molecule has 2 heterocycles. The lowest BCUT2D eigenvalue weighted by atomic mass is 9.99. The zero-order valence-electron chi connectivity index (χ0n) is 21.6. The Morgan fingerprint density at radius 2 is 1.21 bits per heavy atom. The molecule has 1 N–H and O–H groups in total. The summed E-state index contributed by atoms with van der Waals surface area (Å²) in [5.41, 5.74) is 2.51. The van der Waals surface area contributed by atoms with Gasteiger partial charge >= 0.3 is 0 Å². The lowest BCUT2D eigenvalue weighted by Crippen LogP contribution is -2.59. The zero-order chi connectivity index (χ0) is 26.7. The number of aromatic nitrogens is 1. The van der Waals surface area contributed by atoms with Gasteiger partial charge in [-0.15, -0.1) is 0 Å². The molecule has 1 saturated heterocycles. The summed E-state index contributed by atoms with van der Waals surface area (Å²) in [7, 11) is 0. The molecular weight excluding hydrogens is 510 g/mol. The second-order valence-electron chi connectivity index (χ2n) is 9.34. The van der Waals surface area contributed by atoms with Crippen LogP contribution in [0.2, 0.25) is 0 Å². The van der Waals surface area contributed by atoms with Gasteiger partial charge in [-0.25, -0.2) is 4.98 Å². The summed E-state index contributed by atoms with van der Waals surface area (Å²) in [5.74, 6) is 0. The van der Waals surface area contributed by atoms with Gasteiger partial charge in [0.25, 0.3) is 0 Å². The number of ether oxygens (including phenoxy) is 4. The van der Waals surface area contributed by atoms with Crippen molar-refractivity contribution in [2.45, 2.75) is 54.7 Å². The van der Waals surface area contributed by atoms with Gasteiger partial charge in [-0.3, -0.25) is 0 Å². The van der Waals surface area contributed by atoms with Gasteiger partial charge in [-0.2, -0.15) is 0 Å². The number of aliphatic hydroxyl groups is 1. The molecule has 7 heteroatoms. The largest absolute Gasteiger partial charge is 0.387 e. The lowest BCUT2D eigenvalue weighted by Gasteiger charge is -2.44. The fraction of sp³-hybridized carbons (Fsp3) is 0.281. The fourth-order valence-corrected chi connectivity index (χ4v) is 5.46. The summed E-state index contributed by atoms with van der Waals surface area (Å²) >= 11 is 1.37. The average Bonchev–Trinajstić information content (AvgIpc) is 2.99. The van der Waals surface area contributed by atoms with Crippen LogP contribution in [0.15, 0.2) is 120 Å². The van der Waals surface area contributed by atoms with E-state index in [0.717, 1.165) is 21.7 Å². The third-order valence-electron chi connectivity index (χ3n) is 6.45. The number of thioether (sulfide) groups is 1. The number of nitrogens with zero attached hydrogens (tertiary/aromatic N) is 1. The molecule has 6 nitrogen and oxygen atoms in total. The molecule has 1 aromatic heterocycles. The molecule has 1 aliphatic rings. The van der Waals surface area contributed by atoms with Crippen molar-refractivity contribution in [3.05, 3.63) is 132 Å². The van der Waals surface area contributed by atoms with Gasteiger partial charge in [0.15, 0.2) is 0 Å². The van der Waals surface area contributed by atoms with Crippen molar-refractivity contribution in [1.29, 1.82) is 0 Å². The normalized spacial score (nSPS) is 22.9. The minimum Gasteiger partial charge on any atom is -0.387 e. The molecule has 0 spiro atoms. The van der Waals surface area contributed by atoms with Crippen molar-refractivity contribution in [3.63, 3.8) is 0 Å². The Bertz CT molecular complexity index is 1230. The zero-order valence-corrected chi connectivity index (χ0v) is 22.4. The van der Waals surface area contributed by atoms with Gasteiger partial charge in [0, 0.05) is 6.20 Å². The van der Waals surface area contributed by atoms with Crippen molar-refractivity contribution >= 4 is 11.8 Å². The van der Waals surface area contributed by atoms with Crippen molar-refractivity contribution in [2.75, 3.05) is 6.61 Å². The van der Waals surface area contributed by atoms with Crippen LogP contribution in [0.3, 0.4) is 0 Å². The molecule has 4 aromatic rings. The fourth-order valence-electron chi connectivity index (χ4n) is 4.45. The highest BCUT2D eigenvalue weighted by Crippen LogP contribution is 2.35. The van der Waals surface area contributed by atoms with Gasteiger partial charge in [0.05, 0.1) is 31.5 Å². The van der Waals surface area contributed by atoms with Crippen LogP contribution in [0.25, 0.3) is 0 Å². The highest BCUT2D eigenvalue weighted by molar-refractivity contribution is 7.99. The van der Waals surface area contributed by atoms with E-state index in [2.05, 4.69) is 4.98 Å². The van der Waals surface area contributed by atoms with Gasteiger partial charge in [-0.05, 0) is 28.8 Å². The molecule has 1 aliphatic heterocycles. The van der Waals surface area contributed by atoms with Crippen molar-refractivity contribution in [2.24, 2.45) is 0 Å². The average molecular weight is 544 g/mol. The Morgan fingerprint density at radius 1 is 0.667 bits per heavy atom. The summed E-state index contributed by atoms with van der Waals surface area (Å²) in [5, 5.41) is 12.3. The second-order valence-corrected chi connectivity index (χ2v) is 10.5. The Kier molecular flexibility index (Phi) is 10.1. The van der Waals surface area contributed by atoms with E-state index in [1.165, 1.54) is 11.8 Å². The summed E-state index contributed by atoms with van der Waals surface area (Å²) in [6, 6.07) is 35.6. The van der Waals surface area contributed by atoms with E-state index in [1.54, 1.807) is 6.20 Å². The number of rotatable bonds is 12. The number of hydrogen-bond acceptors (Lipinski definition) is 7. The Labute approximate surface area is 233 Å². The summed E-state index contributed by atoms with van der Waals surface area (Å²) in [4.78, 5) is 4.42. The molecule has 0 bridgehead atoms. The molecule has 39 heavy (non-hydrogen) atoms. The van der Waals surface area contributed by atoms with Crippen molar-refractivity contribution < 1.29 is 24.1 Å². The van der Waals surface area contributed by atoms with Crippen LogP contribution >= 0.6 is 11.8 Å². The molecule has 0 saturated carbocycles. The Balaban J connectivity index is 1.37. The van der Waals surface area contributed by atoms with E-state index in [-0.39, 0.29) is 6.61 Å². The third-order valence-corrected chi connectivity index (χ3v) is 7.56. The van der Waals surface area contributed by atoms with Crippen LogP contribution < -0.4 is 0 Å². The summed E-state index contributed by atoms with van der Waals surface area (Å²) in [6.07, 6.45) is -0.892. The van der Waals surface area contributed by atoms with Crippen LogP contribution in [-0.4, -0.2) is 46.5 Å². The maximum absolute atomic E-state index is 11.5. The summed E-state index contributed by atoms with van der Waals surface area (Å²) in [6.45, 7) is 1.43. The third kappa shape index (κ3) is 7.99. The van der Waals surface area contributed by atoms with Crippen molar-refractivity contribution in [1.82, 2.24) is 4.98 Å². The number of benzene rings is 3. The topological polar surface area (TPSA) is 70.0 Å². The molecule has 202 valence electrons. The number of hydrogen-bond donors (Lipinski definition) is 1. The van der Waals surface area contributed by atoms with Gasteiger partial charge in [-0.1, -0.05) is 109 Å². The molecule has 1 fully saturated rings. The van der Waals surface area contributed by atoms with Gasteiger partial charge in [0.1, 0.15) is 29.9 Å². The van der Waals surface area contributed by atoms with Crippen LogP contribution in [0.4, 0.5) is 0 Å². The predicted molar refractivity (Wildman–Crippen MR) is 151 cm³/mol. The standard InChI is InChI=1S/C32H33NO5S/c34-29-31(37-22-26-16-8-3-9-17-26)30(36-21-25-14-6-2-7-15-25)27(23-35-20-24-12-4-1-5-13-24)38-32(29)39-28-18-10-11-19-33-28/h1-19,27,29-32,34H,20-23H2/t27-,29+,30-,31-,32-/m1/s1. The molecule has 3 aromatic carbocycles. The Morgan fingerprint density at radius 3 is 1.77 bits per heavy atom. The molecular formula is C32H33NO5S. The van der Waals surface area contributed by atoms with E-state index in [1.807, 2.05) is 109 Å². The highest BCUT2D eigenvalue weighted by Gasteiger charge is 2.47. The van der Waals surface area contributed by atoms with E-state index in [0.29, 0.717) is 19.8 Å². The first-order valence-electron chi connectivity index (χ1n) is 13.1. The van der Waals surface area contributed by atoms with E-state index in [4.69, 9.17) is 18.9 Å². The van der Waals surface area contributed by atoms with E-state index in [9.17, 15) is 5.11 Å². The number of aliphatic hydroxyl groups excluding tert-OH is 1. The second kappa shape index (κ2) is 14.4. The minimum absolute atomic E-state index is 0.283. The van der Waals surface area contributed by atoms with Crippen LogP contribution in [0.5, 0.6) is 0 Å². The maximum atomic E-state index is 11.5. The van der Waals surface area contributed by atoms with Gasteiger partial charge in [0.2, 0.25) is 0 Å². The quantitative estimate of drug-likeness (QED) is 0.248. The highest BCUT2D eigenvalue weighted by atomic mass is 32.2. The van der Waals surface area contributed by atoms with E-state index >= 15 is 0 Å². The molecule has 0 radical (unpaired) electrons. The van der Waals surface area contributed by atoms with Gasteiger partial charge < -0.3 is 24.1 Å². The number of pyridine rings is 1. The first-order valence-corrected chi connectivity index (χ1v) is 14.0. The molecule has 0 amide bonds. The van der Waals surface area contributed by atoms with Crippen LogP contribution in [0, 0.1) is 0 Å². The summed E-state index contributed by atoms with van der Waals surface area (Å²) < 4.78 is 25.4. The predicted octanol–water partition coefficient (Wildman–Crippen LogP) is 5.65. The smallest absolute Gasteiger partial charge is 0.138 e. The maximum Gasteiger partial charge on any atom is 0.138 e.